The molecule has 1 N–H and O–H groups in total. The minimum atomic E-state index is -0.345. The van der Waals surface area contributed by atoms with Crippen molar-refractivity contribution in [1.82, 2.24) is 15.1 Å². The fourth-order valence-electron chi connectivity index (χ4n) is 3.75. The zero-order valence-electron chi connectivity index (χ0n) is 15.7. The fraction of sp³-hybridized carbons (Fsp3) is 0.273. The van der Waals surface area contributed by atoms with Gasteiger partial charge in [-0.2, -0.15) is 5.10 Å². The molecule has 4 rings (SSSR count). The number of aromatic nitrogens is 2. The van der Waals surface area contributed by atoms with E-state index in [0.29, 0.717) is 24.3 Å². The second-order valence-electron chi connectivity index (χ2n) is 6.81. The minimum Gasteiger partial charge on any atom is -0.496 e. The lowest BCUT2D eigenvalue weighted by Gasteiger charge is -2.09. The Balaban J connectivity index is 1.52. The highest BCUT2D eigenvalue weighted by Crippen LogP contribution is 2.28. The maximum Gasteiger partial charge on any atom is 0.272 e. The summed E-state index contributed by atoms with van der Waals surface area (Å²) in [5.74, 6) is 0.243. The van der Waals surface area contributed by atoms with Crippen molar-refractivity contribution in [3.05, 3.63) is 76.9 Å². The first-order valence-electron chi connectivity index (χ1n) is 9.45. The molecule has 0 saturated carbocycles. The van der Waals surface area contributed by atoms with Crippen LogP contribution in [0.25, 0.3) is 5.69 Å². The SMILES string of the molecule is COc1ccccc1CCNC(=O)c1nn(-c2ccccc2F)c2c1CCC2. The number of para-hydroxylation sites is 2. The number of benzene rings is 2. The molecule has 0 saturated heterocycles. The highest BCUT2D eigenvalue weighted by molar-refractivity contribution is 5.94. The summed E-state index contributed by atoms with van der Waals surface area (Å²) in [5, 5.41) is 7.41. The van der Waals surface area contributed by atoms with Crippen LogP contribution in [0, 0.1) is 5.82 Å². The highest BCUT2D eigenvalue weighted by atomic mass is 19.1. The average molecular weight is 379 g/mol. The molecule has 0 unspecified atom stereocenters. The quantitative estimate of drug-likeness (QED) is 0.713. The molecule has 0 radical (unpaired) electrons. The van der Waals surface area contributed by atoms with Gasteiger partial charge in [0.25, 0.3) is 5.91 Å². The van der Waals surface area contributed by atoms with Gasteiger partial charge in [0, 0.05) is 17.8 Å². The number of carbonyl (C=O) groups excluding carboxylic acids is 1. The fourth-order valence-corrected chi connectivity index (χ4v) is 3.75. The number of hydrogen-bond donors (Lipinski definition) is 1. The Hall–Kier alpha value is -3.15. The van der Waals surface area contributed by atoms with Gasteiger partial charge >= 0.3 is 0 Å². The summed E-state index contributed by atoms with van der Waals surface area (Å²) in [6.45, 7) is 0.473. The van der Waals surface area contributed by atoms with Crippen molar-refractivity contribution in [2.75, 3.05) is 13.7 Å². The van der Waals surface area contributed by atoms with Gasteiger partial charge in [-0.05, 0) is 49.4 Å². The first kappa shape index (κ1) is 18.2. The summed E-state index contributed by atoms with van der Waals surface area (Å²) in [6.07, 6.45) is 3.19. The summed E-state index contributed by atoms with van der Waals surface area (Å²) in [6, 6.07) is 14.3. The molecule has 144 valence electrons. The Labute approximate surface area is 163 Å². The van der Waals surface area contributed by atoms with Crippen LogP contribution in [0.2, 0.25) is 0 Å². The Morgan fingerprint density at radius 1 is 1.18 bits per heavy atom. The zero-order valence-corrected chi connectivity index (χ0v) is 15.7. The Kier molecular flexibility index (Phi) is 5.10. The highest BCUT2D eigenvalue weighted by Gasteiger charge is 2.27. The van der Waals surface area contributed by atoms with Gasteiger partial charge in [-0.1, -0.05) is 30.3 Å². The minimum absolute atomic E-state index is 0.219. The van der Waals surface area contributed by atoms with E-state index < -0.39 is 0 Å². The van der Waals surface area contributed by atoms with Gasteiger partial charge in [-0.25, -0.2) is 9.07 Å². The number of hydrogen-bond acceptors (Lipinski definition) is 3. The van der Waals surface area contributed by atoms with E-state index >= 15 is 0 Å². The molecule has 1 amide bonds. The number of fused-ring (bicyclic) bond motifs is 1. The first-order valence-corrected chi connectivity index (χ1v) is 9.45. The van der Waals surface area contributed by atoms with Crippen molar-refractivity contribution in [2.24, 2.45) is 0 Å². The largest absolute Gasteiger partial charge is 0.496 e. The predicted molar refractivity (Wildman–Crippen MR) is 105 cm³/mol. The standard InChI is InChI=1S/C22H22FN3O2/c1-28-20-12-5-2-7-15(20)13-14-24-22(27)21-16-8-6-11-18(16)26(25-21)19-10-4-3-9-17(19)23/h2-5,7,9-10,12H,6,8,11,13-14H2,1H3,(H,24,27). The van der Waals surface area contributed by atoms with E-state index in [9.17, 15) is 9.18 Å². The average Bonchev–Trinajstić information content (AvgIpc) is 3.31. The van der Waals surface area contributed by atoms with Crippen LogP contribution in [0.15, 0.2) is 48.5 Å². The maximum atomic E-state index is 14.2. The van der Waals surface area contributed by atoms with Crippen LogP contribution in [-0.2, 0) is 19.3 Å². The Morgan fingerprint density at radius 2 is 1.96 bits per heavy atom. The van der Waals surface area contributed by atoms with Gasteiger partial charge in [0.15, 0.2) is 5.69 Å². The third-order valence-corrected chi connectivity index (χ3v) is 5.10. The van der Waals surface area contributed by atoms with Crippen LogP contribution < -0.4 is 10.1 Å². The molecular weight excluding hydrogens is 357 g/mol. The molecular formula is C22H22FN3O2. The van der Waals surface area contributed by atoms with E-state index in [1.54, 1.807) is 30.0 Å². The molecule has 0 atom stereocenters. The second-order valence-corrected chi connectivity index (χ2v) is 6.81. The zero-order chi connectivity index (χ0) is 19.5. The summed E-state index contributed by atoms with van der Waals surface area (Å²) in [7, 11) is 1.63. The van der Waals surface area contributed by atoms with Gasteiger partial charge < -0.3 is 10.1 Å². The number of methoxy groups -OCH3 is 1. The van der Waals surface area contributed by atoms with Crippen LogP contribution in [-0.4, -0.2) is 29.3 Å². The molecule has 0 spiro atoms. The topological polar surface area (TPSA) is 56.1 Å². The summed E-state index contributed by atoms with van der Waals surface area (Å²) in [4.78, 5) is 12.8. The number of nitrogens with one attached hydrogen (secondary N) is 1. The van der Waals surface area contributed by atoms with Gasteiger partial charge in [-0.3, -0.25) is 4.79 Å². The van der Waals surface area contributed by atoms with Crippen LogP contribution >= 0.6 is 0 Å². The molecule has 5 nitrogen and oxygen atoms in total. The number of halogens is 1. The number of ether oxygens (including phenoxy) is 1. The molecule has 0 bridgehead atoms. The Morgan fingerprint density at radius 3 is 2.79 bits per heavy atom. The van der Waals surface area contributed by atoms with Crippen LogP contribution in [0.1, 0.15) is 33.7 Å². The van der Waals surface area contributed by atoms with Crippen molar-refractivity contribution in [3.63, 3.8) is 0 Å². The molecule has 0 fully saturated rings. The second kappa shape index (κ2) is 7.84. The van der Waals surface area contributed by atoms with E-state index in [1.807, 2.05) is 24.3 Å². The van der Waals surface area contributed by atoms with Crippen LogP contribution in [0.5, 0.6) is 5.75 Å². The van der Waals surface area contributed by atoms with E-state index in [4.69, 9.17) is 4.74 Å². The van der Waals surface area contributed by atoms with E-state index in [2.05, 4.69) is 10.4 Å². The van der Waals surface area contributed by atoms with Crippen molar-refractivity contribution in [2.45, 2.75) is 25.7 Å². The Bertz CT molecular complexity index is 1010. The third kappa shape index (κ3) is 3.38. The molecule has 2 aromatic carbocycles. The van der Waals surface area contributed by atoms with Gasteiger partial charge in [0.1, 0.15) is 17.3 Å². The normalized spacial score (nSPS) is 12.6. The molecule has 6 heteroatoms. The molecule has 1 aromatic heterocycles. The van der Waals surface area contributed by atoms with Gasteiger partial charge in [-0.15, -0.1) is 0 Å². The van der Waals surface area contributed by atoms with Gasteiger partial charge in [0.2, 0.25) is 0 Å². The number of nitrogens with zero attached hydrogens (tertiary/aromatic N) is 2. The van der Waals surface area contributed by atoms with Crippen molar-refractivity contribution in [1.29, 1.82) is 0 Å². The summed E-state index contributed by atoms with van der Waals surface area (Å²) >= 11 is 0. The lowest BCUT2D eigenvalue weighted by molar-refractivity contribution is 0.0947. The third-order valence-electron chi connectivity index (χ3n) is 5.10. The molecule has 3 aromatic rings. The number of rotatable bonds is 6. The van der Waals surface area contributed by atoms with Crippen molar-refractivity contribution in [3.8, 4) is 11.4 Å². The predicted octanol–water partition coefficient (Wildman–Crippen LogP) is 3.48. The van der Waals surface area contributed by atoms with Crippen LogP contribution in [0.4, 0.5) is 4.39 Å². The number of amides is 1. The molecule has 1 aliphatic rings. The van der Waals surface area contributed by atoms with Crippen molar-refractivity contribution >= 4 is 5.91 Å². The lowest BCUT2D eigenvalue weighted by atomic mass is 10.1. The first-order chi connectivity index (χ1) is 13.7. The summed E-state index contributed by atoms with van der Waals surface area (Å²) < 4.78 is 21.2. The molecule has 0 aliphatic heterocycles. The monoisotopic (exact) mass is 379 g/mol. The summed E-state index contributed by atoms with van der Waals surface area (Å²) in [5.41, 5.74) is 3.68. The number of carbonyl (C=O) groups is 1. The molecule has 1 aliphatic carbocycles. The molecule has 28 heavy (non-hydrogen) atoms. The van der Waals surface area contributed by atoms with E-state index in [0.717, 1.165) is 41.8 Å². The maximum absolute atomic E-state index is 14.2. The van der Waals surface area contributed by atoms with Crippen LogP contribution in [0.3, 0.4) is 0 Å². The lowest BCUT2D eigenvalue weighted by Crippen LogP contribution is -2.27. The van der Waals surface area contributed by atoms with E-state index in [1.165, 1.54) is 6.07 Å². The smallest absolute Gasteiger partial charge is 0.272 e. The van der Waals surface area contributed by atoms with Crippen molar-refractivity contribution < 1.29 is 13.9 Å². The van der Waals surface area contributed by atoms with Gasteiger partial charge in [0.05, 0.1) is 7.11 Å². The van der Waals surface area contributed by atoms with E-state index in [-0.39, 0.29) is 11.7 Å². The molecule has 1 heterocycles.